The number of furan rings is 2. The number of rotatable bonds is 3. The van der Waals surface area contributed by atoms with E-state index in [0.29, 0.717) is 5.82 Å². The van der Waals surface area contributed by atoms with Gasteiger partial charge in [-0.2, -0.15) is 0 Å². The topological polar surface area (TPSA) is 57.0 Å². The standard InChI is InChI=1S/C52H29N3O2/c1-3-14-30(15-4-1)41-29-42(54-52(53-41)31-16-5-2-6-17-31)40-28-39-34-26-27-36-33-19-8-11-24-44(33)56-50(36)46(34)38-22-13-21-35-32-18-7-10-23-43(32)55(48(35)38)49(39)47-37-20-9-12-25-45(37)57-51(40)47/h1-29H. The predicted octanol–water partition coefficient (Wildman–Crippen LogP) is 14.0. The van der Waals surface area contributed by atoms with Gasteiger partial charge in [0.25, 0.3) is 0 Å². The zero-order valence-corrected chi connectivity index (χ0v) is 30.4. The van der Waals surface area contributed by atoms with E-state index in [9.17, 15) is 0 Å². The highest BCUT2D eigenvalue weighted by atomic mass is 16.3. The molecule has 4 aromatic heterocycles. The first kappa shape index (κ1) is 30.6. The van der Waals surface area contributed by atoms with Crippen LogP contribution in [0.4, 0.5) is 0 Å². The van der Waals surface area contributed by atoms with Gasteiger partial charge in [0.15, 0.2) is 5.82 Å². The highest BCUT2D eigenvalue weighted by Gasteiger charge is 2.32. The minimum atomic E-state index is 0.654. The molecular weight excluding hydrogens is 699 g/mol. The second-order valence-electron chi connectivity index (χ2n) is 14.8. The third-order valence-corrected chi connectivity index (χ3v) is 11.7. The molecule has 5 heterocycles. The summed E-state index contributed by atoms with van der Waals surface area (Å²) < 4.78 is 16.4. The average molecular weight is 728 g/mol. The van der Waals surface area contributed by atoms with Gasteiger partial charge in [0.2, 0.25) is 0 Å². The van der Waals surface area contributed by atoms with E-state index in [1.807, 2.05) is 36.4 Å². The smallest absolute Gasteiger partial charge is 0.160 e. The summed E-state index contributed by atoms with van der Waals surface area (Å²) in [6, 6.07) is 61.6. The number of hydrogen-bond acceptors (Lipinski definition) is 4. The van der Waals surface area contributed by atoms with Crippen LogP contribution in [0, 0.1) is 0 Å². The van der Waals surface area contributed by atoms with Crippen molar-refractivity contribution in [3.8, 4) is 61.8 Å². The van der Waals surface area contributed by atoms with Gasteiger partial charge >= 0.3 is 0 Å². The van der Waals surface area contributed by atoms with Crippen molar-refractivity contribution in [1.82, 2.24) is 14.5 Å². The van der Waals surface area contributed by atoms with Gasteiger partial charge in [-0.1, -0.05) is 140 Å². The van der Waals surface area contributed by atoms with Crippen LogP contribution in [0.25, 0.3) is 128 Å². The maximum Gasteiger partial charge on any atom is 0.160 e. The Kier molecular flexibility index (Phi) is 6.10. The molecule has 12 aromatic rings. The van der Waals surface area contributed by atoms with Crippen LogP contribution in [-0.2, 0) is 0 Å². The average Bonchev–Trinajstić information content (AvgIpc) is 3.94. The van der Waals surface area contributed by atoms with Crippen molar-refractivity contribution in [1.29, 1.82) is 0 Å². The normalized spacial score (nSPS) is 12.2. The highest BCUT2D eigenvalue weighted by molar-refractivity contribution is 6.25. The second kappa shape index (κ2) is 11.4. The summed E-state index contributed by atoms with van der Waals surface area (Å²) in [6.45, 7) is 0. The fraction of sp³-hybridized carbons (Fsp3) is 0. The van der Waals surface area contributed by atoms with Gasteiger partial charge in [-0.15, -0.1) is 0 Å². The summed E-state index contributed by atoms with van der Waals surface area (Å²) >= 11 is 0. The Balaban J connectivity index is 1.25. The number of fused-ring (bicyclic) bond motifs is 16. The zero-order valence-electron chi connectivity index (χ0n) is 30.4. The summed E-state index contributed by atoms with van der Waals surface area (Å²) in [5.74, 6) is 0.654. The molecule has 0 saturated heterocycles. The molecule has 264 valence electrons. The SMILES string of the molecule is c1ccc(-c2cc(-c3cc4c(c5c3oc3ccccc35)-n3c5ccccc5c5cccc(c53)-c3c-4ccc4c3oc3ccccc34)nc(-c3ccccc3)n2)cc1. The summed E-state index contributed by atoms with van der Waals surface area (Å²) in [5, 5.41) is 6.67. The first-order chi connectivity index (χ1) is 28.3. The van der Waals surface area contributed by atoms with Crippen molar-refractivity contribution in [3.63, 3.8) is 0 Å². The molecule has 0 N–H and O–H groups in total. The molecule has 1 aliphatic rings. The third kappa shape index (κ3) is 4.23. The quantitative estimate of drug-likeness (QED) is 0.182. The third-order valence-electron chi connectivity index (χ3n) is 11.7. The van der Waals surface area contributed by atoms with Crippen LogP contribution in [0.5, 0.6) is 0 Å². The molecule has 1 aliphatic heterocycles. The van der Waals surface area contributed by atoms with Gasteiger partial charge in [0, 0.05) is 60.3 Å². The van der Waals surface area contributed by atoms with Gasteiger partial charge in [0.1, 0.15) is 22.3 Å². The molecule has 0 bridgehead atoms. The minimum Gasteiger partial charge on any atom is -0.455 e. The number of hydrogen-bond donors (Lipinski definition) is 0. The molecule has 57 heavy (non-hydrogen) atoms. The van der Waals surface area contributed by atoms with Crippen LogP contribution >= 0.6 is 0 Å². The van der Waals surface area contributed by atoms with E-state index in [4.69, 9.17) is 18.8 Å². The first-order valence-electron chi connectivity index (χ1n) is 19.2. The molecule has 0 aliphatic carbocycles. The van der Waals surface area contributed by atoms with Crippen molar-refractivity contribution in [3.05, 3.63) is 176 Å². The largest absolute Gasteiger partial charge is 0.455 e. The molecule has 0 atom stereocenters. The number of benzene rings is 8. The van der Waals surface area contributed by atoms with Crippen molar-refractivity contribution in [2.24, 2.45) is 0 Å². The maximum atomic E-state index is 7.01. The van der Waals surface area contributed by atoms with Crippen LogP contribution in [0.2, 0.25) is 0 Å². The Morgan fingerprint density at radius 2 is 1.05 bits per heavy atom. The molecule has 0 spiro atoms. The van der Waals surface area contributed by atoms with E-state index in [1.54, 1.807) is 0 Å². The van der Waals surface area contributed by atoms with Gasteiger partial charge in [-0.3, -0.25) is 0 Å². The Morgan fingerprint density at radius 1 is 0.404 bits per heavy atom. The molecule has 0 fully saturated rings. The van der Waals surface area contributed by atoms with Gasteiger partial charge < -0.3 is 13.4 Å². The van der Waals surface area contributed by atoms with Crippen LogP contribution in [-0.4, -0.2) is 14.5 Å². The number of para-hydroxylation sites is 4. The monoisotopic (exact) mass is 727 g/mol. The second-order valence-corrected chi connectivity index (χ2v) is 14.8. The molecule has 8 aromatic carbocycles. The Bertz CT molecular complexity index is 3570. The lowest BCUT2D eigenvalue weighted by Gasteiger charge is -2.17. The van der Waals surface area contributed by atoms with Crippen molar-refractivity contribution >= 4 is 65.7 Å². The number of aromatic nitrogens is 3. The van der Waals surface area contributed by atoms with Crippen LogP contribution in [0.15, 0.2) is 185 Å². The van der Waals surface area contributed by atoms with E-state index in [0.717, 1.165) is 111 Å². The van der Waals surface area contributed by atoms with E-state index < -0.39 is 0 Å². The minimum absolute atomic E-state index is 0.654. The molecular formula is C52H29N3O2. The van der Waals surface area contributed by atoms with Gasteiger partial charge in [0.05, 0.1) is 33.5 Å². The Hall–Kier alpha value is -7.76. The fourth-order valence-electron chi connectivity index (χ4n) is 9.30. The van der Waals surface area contributed by atoms with E-state index in [2.05, 4.69) is 144 Å². The Labute approximate surface area is 325 Å². The van der Waals surface area contributed by atoms with E-state index in [1.165, 1.54) is 10.8 Å². The lowest BCUT2D eigenvalue weighted by molar-refractivity contribution is 0.669. The van der Waals surface area contributed by atoms with Crippen LogP contribution in [0.3, 0.4) is 0 Å². The van der Waals surface area contributed by atoms with Crippen molar-refractivity contribution in [2.75, 3.05) is 0 Å². The molecule has 5 heteroatoms. The zero-order chi connectivity index (χ0) is 37.2. The van der Waals surface area contributed by atoms with Gasteiger partial charge in [-0.05, 0) is 42.0 Å². The summed E-state index contributed by atoms with van der Waals surface area (Å²) in [4.78, 5) is 10.5. The molecule has 0 saturated carbocycles. The lowest BCUT2D eigenvalue weighted by Crippen LogP contribution is -2.00. The fourth-order valence-corrected chi connectivity index (χ4v) is 9.30. The summed E-state index contributed by atoms with van der Waals surface area (Å²) in [7, 11) is 0. The summed E-state index contributed by atoms with van der Waals surface area (Å²) in [6.07, 6.45) is 0. The van der Waals surface area contributed by atoms with E-state index >= 15 is 0 Å². The van der Waals surface area contributed by atoms with Crippen LogP contribution in [0.1, 0.15) is 0 Å². The van der Waals surface area contributed by atoms with Crippen LogP contribution < -0.4 is 0 Å². The predicted molar refractivity (Wildman–Crippen MR) is 232 cm³/mol. The summed E-state index contributed by atoms with van der Waals surface area (Å²) in [5.41, 5.74) is 15.6. The Morgan fingerprint density at radius 3 is 1.88 bits per heavy atom. The molecule has 0 radical (unpaired) electrons. The maximum absolute atomic E-state index is 7.01. The molecule has 13 rings (SSSR count). The lowest BCUT2D eigenvalue weighted by atomic mass is 9.89. The van der Waals surface area contributed by atoms with E-state index in [-0.39, 0.29) is 0 Å². The number of nitrogens with zero attached hydrogens (tertiary/aromatic N) is 3. The van der Waals surface area contributed by atoms with Crippen molar-refractivity contribution in [2.45, 2.75) is 0 Å². The molecule has 0 amide bonds. The molecule has 0 unspecified atom stereocenters. The molecule has 5 nitrogen and oxygen atoms in total. The first-order valence-corrected chi connectivity index (χ1v) is 19.2. The van der Waals surface area contributed by atoms with Crippen molar-refractivity contribution < 1.29 is 8.83 Å². The van der Waals surface area contributed by atoms with Gasteiger partial charge in [-0.25, -0.2) is 9.97 Å². The highest BCUT2D eigenvalue weighted by Crippen LogP contribution is 2.54.